The van der Waals surface area contributed by atoms with Crippen molar-refractivity contribution in [3.63, 3.8) is 0 Å². The number of nitrogens with one attached hydrogen (secondary N) is 1. The Balaban J connectivity index is 2.65. The fourth-order valence-electron chi connectivity index (χ4n) is 2.11. The zero-order valence-corrected chi connectivity index (χ0v) is 13.0. The van der Waals surface area contributed by atoms with Crippen LogP contribution < -0.4 is 14.8 Å². The van der Waals surface area contributed by atoms with Gasteiger partial charge in [0.1, 0.15) is 34.7 Å². The molecule has 122 valence electrons. The topological polar surface area (TPSA) is 78.1 Å². The quantitative estimate of drug-likeness (QED) is 0.901. The van der Waals surface area contributed by atoms with Crippen molar-refractivity contribution in [1.82, 2.24) is 0 Å². The van der Waals surface area contributed by atoms with E-state index in [1.54, 1.807) is 31.2 Å². The number of nitriles is 2. The average Bonchev–Trinajstić information content (AvgIpc) is 2.60. The largest absolute Gasteiger partial charge is 0.497 e. The molecule has 0 saturated carbocycles. The van der Waals surface area contributed by atoms with Gasteiger partial charge in [-0.1, -0.05) is 6.07 Å². The highest BCUT2D eigenvalue weighted by atomic mass is 19.1. The molecule has 0 bridgehead atoms. The Hall–Kier alpha value is -3.32. The molecule has 0 aliphatic rings. The van der Waals surface area contributed by atoms with Gasteiger partial charge in [0.05, 0.1) is 13.7 Å². The third-order valence-electron chi connectivity index (χ3n) is 3.19. The van der Waals surface area contributed by atoms with E-state index in [0.29, 0.717) is 11.4 Å². The molecule has 2 aromatic rings. The van der Waals surface area contributed by atoms with E-state index in [1.807, 2.05) is 0 Å². The Morgan fingerprint density at radius 2 is 1.79 bits per heavy atom. The molecule has 0 radical (unpaired) electrons. The average molecular weight is 329 g/mol. The van der Waals surface area contributed by atoms with Crippen molar-refractivity contribution in [3.05, 3.63) is 47.0 Å². The van der Waals surface area contributed by atoms with Crippen LogP contribution in [0.25, 0.3) is 0 Å². The minimum Gasteiger partial charge on any atom is -0.497 e. The first kappa shape index (κ1) is 17.0. The SMILES string of the molecule is CCOc1c(F)c(C#N)c(C#N)c(F)c1Nc1cccc(OC)c1. The van der Waals surface area contributed by atoms with E-state index in [4.69, 9.17) is 20.0 Å². The van der Waals surface area contributed by atoms with E-state index in [0.717, 1.165) is 0 Å². The highest BCUT2D eigenvalue weighted by molar-refractivity contribution is 5.73. The molecule has 7 heteroatoms. The van der Waals surface area contributed by atoms with Gasteiger partial charge in [-0.2, -0.15) is 10.5 Å². The van der Waals surface area contributed by atoms with Gasteiger partial charge >= 0.3 is 0 Å². The van der Waals surface area contributed by atoms with E-state index >= 15 is 0 Å². The molecule has 0 heterocycles. The number of hydrogen-bond donors (Lipinski definition) is 1. The maximum Gasteiger partial charge on any atom is 0.186 e. The van der Waals surface area contributed by atoms with Crippen LogP contribution in [0.3, 0.4) is 0 Å². The Bertz CT molecular complexity index is 854. The fraction of sp³-hybridized carbons (Fsp3) is 0.176. The maximum absolute atomic E-state index is 14.6. The first-order valence-electron chi connectivity index (χ1n) is 6.96. The van der Waals surface area contributed by atoms with E-state index in [-0.39, 0.29) is 12.3 Å². The van der Waals surface area contributed by atoms with E-state index < -0.39 is 28.5 Å². The third-order valence-corrected chi connectivity index (χ3v) is 3.19. The summed E-state index contributed by atoms with van der Waals surface area (Å²) >= 11 is 0. The number of rotatable bonds is 5. The minimum atomic E-state index is -1.08. The van der Waals surface area contributed by atoms with Crippen molar-refractivity contribution in [2.24, 2.45) is 0 Å². The molecule has 0 amide bonds. The van der Waals surface area contributed by atoms with Crippen LogP contribution in [0.15, 0.2) is 24.3 Å². The van der Waals surface area contributed by atoms with Crippen LogP contribution in [-0.2, 0) is 0 Å². The Kier molecular flexibility index (Phi) is 5.18. The molecule has 1 N–H and O–H groups in total. The number of ether oxygens (including phenoxy) is 2. The lowest BCUT2D eigenvalue weighted by atomic mass is 10.1. The highest BCUT2D eigenvalue weighted by Crippen LogP contribution is 2.38. The van der Waals surface area contributed by atoms with Crippen LogP contribution in [0.1, 0.15) is 18.1 Å². The van der Waals surface area contributed by atoms with Gasteiger partial charge in [0.15, 0.2) is 17.4 Å². The van der Waals surface area contributed by atoms with Gasteiger partial charge in [-0.3, -0.25) is 0 Å². The molecular weight excluding hydrogens is 316 g/mol. The van der Waals surface area contributed by atoms with Gasteiger partial charge in [-0.15, -0.1) is 0 Å². The van der Waals surface area contributed by atoms with Crippen LogP contribution >= 0.6 is 0 Å². The van der Waals surface area contributed by atoms with Crippen LogP contribution in [0.2, 0.25) is 0 Å². The first-order chi connectivity index (χ1) is 11.6. The molecule has 0 fully saturated rings. The Labute approximate surface area is 137 Å². The molecule has 24 heavy (non-hydrogen) atoms. The molecule has 0 saturated heterocycles. The second kappa shape index (κ2) is 7.30. The van der Waals surface area contributed by atoms with Crippen molar-refractivity contribution in [2.45, 2.75) is 6.92 Å². The van der Waals surface area contributed by atoms with Crippen molar-refractivity contribution in [3.8, 4) is 23.6 Å². The summed E-state index contributed by atoms with van der Waals surface area (Å²) in [6, 6.07) is 9.54. The summed E-state index contributed by atoms with van der Waals surface area (Å²) in [4.78, 5) is 0. The standard InChI is InChI=1S/C17H13F2N3O2/c1-3-24-17-15(19)13(9-21)12(8-20)14(18)16(17)22-10-5-4-6-11(7-10)23-2/h4-7,22H,3H2,1-2H3. The van der Waals surface area contributed by atoms with Crippen LogP contribution in [0.5, 0.6) is 11.5 Å². The van der Waals surface area contributed by atoms with Crippen molar-refractivity contribution >= 4 is 11.4 Å². The van der Waals surface area contributed by atoms with Crippen molar-refractivity contribution in [1.29, 1.82) is 10.5 Å². The smallest absolute Gasteiger partial charge is 0.186 e. The molecule has 2 aromatic carbocycles. The van der Waals surface area contributed by atoms with Crippen LogP contribution in [0.4, 0.5) is 20.2 Å². The molecule has 2 rings (SSSR count). The van der Waals surface area contributed by atoms with Gasteiger partial charge in [-0.25, -0.2) is 8.78 Å². The summed E-state index contributed by atoms with van der Waals surface area (Å²) in [7, 11) is 1.47. The fourth-order valence-corrected chi connectivity index (χ4v) is 2.11. The number of hydrogen-bond acceptors (Lipinski definition) is 5. The predicted octanol–water partition coefficient (Wildman–Crippen LogP) is 3.86. The normalized spacial score (nSPS) is 9.75. The van der Waals surface area contributed by atoms with E-state index in [2.05, 4.69) is 5.32 Å². The Morgan fingerprint density at radius 1 is 1.12 bits per heavy atom. The summed E-state index contributed by atoms with van der Waals surface area (Å²) in [5, 5.41) is 20.7. The lowest BCUT2D eigenvalue weighted by Crippen LogP contribution is -2.07. The molecule has 0 unspecified atom stereocenters. The number of nitrogens with zero attached hydrogens (tertiary/aromatic N) is 2. The minimum absolute atomic E-state index is 0.0555. The second-order valence-electron chi connectivity index (χ2n) is 4.60. The number of methoxy groups -OCH3 is 1. The van der Waals surface area contributed by atoms with Crippen molar-refractivity contribution < 1.29 is 18.3 Å². The number of halogens is 2. The molecule has 0 aliphatic heterocycles. The third kappa shape index (κ3) is 3.06. The molecule has 0 atom stereocenters. The Morgan fingerprint density at radius 3 is 2.38 bits per heavy atom. The van der Waals surface area contributed by atoms with Gasteiger partial charge < -0.3 is 14.8 Å². The van der Waals surface area contributed by atoms with E-state index in [9.17, 15) is 8.78 Å². The van der Waals surface area contributed by atoms with Crippen LogP contribution in [0, 0.1) is 34.3 Å². The van der Waals surface area contributed by atoms with Gasteiger partial charge in [0.2, 0.25) is 0 Å². The maximum atomic E-state index is 14.6. The molecule has 0 aromatic heterocycles. The summed E-state index contributed by atoms with van der Waals surface area (Å²) in [5.74, 6) is -2.08. The van der Waals surface area contributed by atoms with Crippen LogP contribution in [-0.4, -0.2) is 13.7 Å². The van der Waals surface area contributed by atoms with Gasteiger partial charge in [0.25, 0.3) is 0 Å². The summed E-state index contributed by atoms with van der Waals surface area (Å²) in [5.41, 5.74) is -1.31. The lowest BCUT2D eigenvalue weighted by Gasteiger charge is -2.16. The van der Waals surface area contributed by atoms with Gasteiger partial charge in [-0.05, 0) is 19.1 Å². The monoisotopic (exact) mass is 329 g/mol. The zero-order chi connectivity index (χ0) is 17.7. The molecule has 0 spiro atoms. The first-order valence-corrected chi connectivity index (χ1v) is 6.96. The summed E-state index contributed by atoms with van der Waals surface area (Å²) in [6.45, 7) is 1.65. The summed E-state index contributed by atoms with van der Waals surface area (Å²) < 4.78 is 39.3. The highest BCUT2D eigenvalue weighted by Gasteiger charge is 2.26. The molecular formula is C17H13F2N3O2. The van der Waals surface area contributed by atoms with Gasteiger partial charge in [0, 0.05) is 11.8 Å². The molecule has 0 aliphatic carbocycles. The zero-order valence-electron chi connectivity index (χ0n) is 13.0. The van der Waals surface area contributed by atoms with E-state index in [1.165, 1.54) is 19.2 Å². The summed E-state index contributed by atoms with van der Waals surface area (Å²) in [6.07, 6.45) is 0. The van der Waals surface area contributed by atoms with Crippen molar-refractivity contribution in [2.75, 3.05) is 19.0 Å². The lowest BCUT2D eigenvalue weighted by molar-refractivity contribution is 0.321. The molecule has 5 nitrogen and oxygen atoms in total. The second-order valence-corrected chi connectivity index (χ2v) is 4.60. The predicted molar refractivity (Wildman–Crippen MR) is 83.2 cm³/mol. The number of benzene rings is 2. The number of anilines is 2.